The second kappa shape index (κ2) is 6.66. The molecule has 24 heavy (non-hydrogen) atoms. The highest BCUT2D eigenvalue weighted by molar-refractivity contribution is 5.95. The Labute approximate surface area is 140 Å². The molecule has 0 radical (unpaired) electrons. The molecule has 0 saturated carbocycles. The van der Waals surface area contributed by atoms with E-state index in [0.29, 0.717) is 11.3 Å². The van der Waals surface area contributed by atoms with Crippen molar-refractivity contribution in [3.8, 4) is 0 Å². The molecule has 2 aromatic carbocycles. The third kappa shape index (κ3) is 3.20. The van der Waals surface area contributed by atoms with Gasteiger partial charge in [0, 0.05) is 11.1 Å². The number of rotatable bonds is 4. The van der Waals surface area contributed by atoms with Crippen LogP contribution in [0.1, 0.15) is 28.7 Å². The molecule has 0 fully saturated rings. The largest absolute Gasteiger partial charge is 0.460 e. The highest BCUT2D eigenvalue weighted by Crippen LogP contribution is 2.25. The van der Waals surface area contributed by atoms with E-state index in [1.165, 1.54) is 11.1 Å². The van der Waals surface area contributed by atoms with Gasteiger partial charge in [-0.25, -0.2) is 14.8 Å². The number of nitrogens with one attached hydrogen (secondary N) is 1. The van der Waals surface area contributed by atoms with Crippen molar-refractivity contribution in [1.82, 2.24) is 9.97 Å². The van der Waals surface area contributed by atoms with E-state index >= 15 is 0 Å². The Morgan fingerprint density at radius 2 is 1.88 bits per heavy atom. The summed E-state index contributed by atoms with van der Waals surface area (Å²) in [6.07, 6.45) is 0. The number of benzene rings is 2. The fraction of sp³-hybridized carbons (Fsp3) is 0.211. The topological polar surface area (TPSA) is 64.1 Å². The molecular formula is C19H19N3O2. The number of esters is 1. The Morgan fingerprint density at radius 3 is 2.62 bits per heavy atom. The maximum absolute atomic E-state index is 12.0. The minimum Gasteiger partial charge on any atom is -0.460 e. The van der Waals surface area contributed by atoms with Gasteiger partial charge in [-0.15, -0.1) is 0 Å². The van der Waals surface area contributed by atoms with Crippen LogP contribution in [0, 0.1) is 13.8 Å². The minimum absolute atomic E-state index is 0.0573. The SMILES string of the molecule is CCOC(=O)c1nc(Nc2ccc(C)c(C)c2)c2ccccc2n1. The zero-order valence-electron chi connectivity index (χ0n) is 14.0. The lowest BCUT2D eigenvalue weighted by molar-refractivity contribution is 0.0512. The van der Waals surface area contributed by atoms with Gasteiger partial charge in [0.2, 0.25) is 5.82 Å². The van der Waals surface area contributed by atoms with Gasteiger partial charge in [-0.2, -0.15) is 0 Å². The molecule has 1 heterocycles. The molecule has 0 aliphatic heterocycles. The van der Waals surface area contributed by atoms with Gasteiger partial charge < -0.3 is 10.1 Å². The number of carbonyl (C=O) groups is 1. The van der Waals surface area contributed by atoms with Crippen LogP contribution in [-0.2, 0) is 4.74 Å². The van der Waals surface area contributed by atoms with Crippen molar-refractivity contribution in [2.24, 2.45) is 0 Å². The second-order valence-electron chi connectivity index (χ2n) is 5.56. The first-order valence-corrected chi connectivity index (χ1v) is 7.86. The summed E-state index contributed by atoms with van der Waals surface area (Å²) < 4.78 is 5.03. The zero-order chi connectivity index (χ0) is 17.1. The van der Waals surface area contributed by atoms with E-state index in [0.717, 1.165) is 11.1 Å². The van der Waals surface area contributed by atoms with Gasteiger partial charge in [0.1, 0.15) is 5.82 Å². The molecular weight excluding hydrogens is 302 g/mol. The highest BCUT2D eigenvalue weighted by Gasteiger charge is 2.15. The molecule has 1 aromatic heterocycles. The van der Waals surface area contributed by atoms with E-state index < -0.39 is 5.97 Å². The van der Waals surface area contributed by atoms with E-state index in [9.17, 15) is 4.79 Å². The quantitative estimate of drug-likeness (QED) is 0.731. The number of hydrogen-bond donors (Lipinski definition) is 1. The van der Waals surface area contributed by atoms with E-state index in [4.69, 9.17) is 4.74 Å². The van der Waals surface area contributed by atoms with Crippen molar-refractivity contribution >= 4 is 28.4 Å². The number of fused-ring (bicyclic) bond motifs is 1. The lowest BCUT2D eigenvalue weighted by Gasteiger charge is -2.11. The minimum atomic E-state index is -0.522. The molecule has 0 spiro atoms. The summed E-state index contributed by atoms with van der Waals surface area (Å²) in [5, 5.41) is 4.14. The Morgan fingerprint density at radius 1 is 1.08 bits per heavy atom. The third-order valence-corrected chi connectivity index (χ3v) is 3.83. The number of hydrogen-bond acceptors (Lipinski definition) is 5. The summed E-state index contributed by atoms with van der Waals surface area (Å²) >= 11 is 0. The molecule has 5 heteroatoms. The summed E-state index contributed by atoms with van der Waals surface area (Å²) in [7, 11) is 0. The first-order chi connectivity index (χ1) is 11.6. The molecule has 0 saturated heterocycles. The molecule has 0 aliphatic rings. The molecule has 5 nitrogen and oxygen atoms in total. The monoisotopic (exact) mass is 321 g/mol. The Kier molecular flexibility index (Phi) is 4.42. The molecule has 1 N–H and O–H groups in total. The van der Waals surface area contributed by atoms with Crippen molar-refractivity contribution in [3.63, 3.8) is 0 Å². The Hall–Kier alpha value is -2.95. The third-order valence-electron chi connectivity index (χ3n) is 3.83. The molecule has 122 valence electrons. The van der Waals surface area contributed by atoms with E-state index in [-0.39, 0.29) is 12.4 Å². The predicted octanol–water partition coefficient (Wildman–Crippen LogP) is 4.17. The Bertz CT molecular complexity index is 906. The molecule has 3 rings (SSSR count). The molecule has 0 bridgehead atoms. The van der Waals surface area contributed by atoms with Crippen molar-refractivity contribution in [2.45, 2.75) is 20.8 Å². The number of aromatic nitrogens is 2. The summed E-state index contributed by atoms with van der Waals surface area (Å²) in [4.78, 5) is 20.7. The molecule has 0 aliphatic carbocycles. The summed E-state index contributed by atoms with van der Waals surface area (Å²) in [5.41, 5.74) is 4.02. The molecule has 0 unspecified atom stereocenters. The summed E-state index contributed by atoms with van der Waals surface area (Å²) in [6.45, 7) is 6.17. The van der Waals surface area contributed by atoms with Gasteiger partial charge in [0.05, 0.1) is 12.1 Å². The average molecular weight is 321 g/mol. The zero-order valence-corrected chi connectivity index (χ0v) is 14.0. The van der Waals surface area contributed by atoms with Crippen LogP contribution in [0.5, 0.6) is 0 Å². The van der Waals surface area contributed by atoms with Crippen LogP contribution in [0.3, 0.4) is 0 Å². The van der Waals surface area contributed by atoms with Gasteiger partial charge in [-0.1, -0.05) is 18.2 Å². The lowest BCUT2D eigenvalue weighted by Crippen LogP contribution is -2.11. The fourth-order valence-corrected chi connectivity index (χ4v) is 2.41. The number of ether oxygens (including phenoxy) is 1. The van der Waals surface area contributed by atoms with Crippen LogP contribution in [-0.4, -0.2) is 22.5 Å². The maximum Gasteiger partial charge on any atom is 0.376 e. The normalized spacial score (nSPS) is 10.6. The summed E-state index contributed by atoms with van der Waals surface area (Å²) in [6, 6.07) is 13.7. The number of para-hydroxylation sites is 1. The van der Waals surface area contributed by atoms with Gasteiger partial charge >= 0.3 is 5.97 Å². The first kappa shape index (κ1) is 15.9. The highest BCUT2D eigenvalue weighted by atomic mass is 16.5. The van der Waals surface area contributed by atoms with Crippen LogP contribution < -0.4 is 5.32 Å². The van der Waals surface area contributed by atoms with Gasteiger partial charge in [-0.3, -0.25) is 0 Å². The van der Waals surface area contributed by atoms with Crippen LogP contribution >= 0.6 is 0 Å². The number of aryl methyl sites for hydroxylation is 2. The van der Waals surface area contributed by atoms with Crippen molar-refractivity contribution in [2.75, 3.05) is 11.9 Å². The molecule has 0 amide bonds. The molecule has 0 atom stereocenters. The molecule has 3 aromatic rings. The van der Waals surface area contributed by atoms with Crippen LogP contribution in [0.4, 0.5) is 11.5 Å². The number of carbonyl (C=O) groups excluding carboxylic acids is 1. The van der Waals surface area contributed by atoms with Crippen molar-refractivity contribution < 1.29 is 9.53 Å². The van der Waals surface area contributed by atoms with Crippen LogP contribution in [0.2, 0.25) is 0 Å². The number of anilines is 2. The van der Waals surface area contributed by atoms with Crippen molar-refractivity contribution in [1.29, 1.82) is 0 Å². The van der Waals surface area contributed by atoms with E-state index in [2.05, 4.69) is 35.2 Å². The van der Waals surface area contributed by atoms with E-state index in [1.54, 1.807) is 6.92 Å². The smallest absolute Gasteiger partial charge is 0.376 e. The summed E-state index contributed by atoms with van der Waals surface area (Å²) in [5.74, 6) is 0.125. The lowest BCUT2D eigenvalue weighted by atomic mass is 10.1. The standard InChI is InChI=1S/C19H19N3O2/c1-4-24-19(23)18-21-16-8-6-5-7-15(16)17(22-18)20-14-10-9-12(2)13(3)11-14/h5-11H,4H2,1-3H3,(H,20,21,22). The van der Waals surface area contributed by atoms with Gasteiger partial charge in [0.25, 0.3) is 0 Å². The van der Waals surface area contributed by atoms with Crippen LogP contribution in [0.15, 0.2) is 42.5 Å². The van der Waals surface area contributed by atoms with E-state index in [1.807, 2.05) is 36.4 Å². The number of nitrogens with zero attached hydrogens (tertiary/aromatic N) is 2. The second-order valence-corrected chi connectivity index (χ2v) is 5.56. The fourth-order valence-electron chi connectivity index (χ4n) is 2.41. The van der Waals surface area contributed by atoms with Crippen molar-refractivity contribution in [3.05, 3.63) is 59.4 Å². The van der Waals surface area contributed by atoms with Gasteiger partial charge in [0.15, 0.2) is 0 Å². The predicted molar refractivity (Wildman–Crippen MR) is 94.7 cm³/mol. The first-order valence-electron chi connectivity index (χ1n) is 7.86. The van der Waals surface area contributed by atoms with Crippen LogP contribution in [0.25, 0.3) is 10.9 Å². The average Bonchev–Trinajstić information content (AvgIpc) is 2.58. The maximum atomic E-state index is 12.0. The van der Waals surface area contributed by atoms with Gasteiger partial charge in [-0.05, 0) is 56.2 Å². The Balaban J connectivity index is 2.07.